The van der Waals surface area contributed by atoms with E-state index >= 15 is 0 Å². The van der Waals surface area contributed by atoms with E-state index in [2.05, 4.69) is 5.10 Å². The molecule has 0 radical (unpaired) electrons. The van der Waals surface area contributed by atoms with Crippen molar-refractivity contribution in [2.24, 2.45) is 0 Å². The maximum Gasteiger partial charge on any atom is 0.419 e. The van der Waals surface area contributed by atoms with Gasteiger partial charge in [-0.15, -0.1) is 0 Å². The number of amides is 2. The fraction of sp³-hybridized carbons (Fsp3) is 0.577. The van der Waals surface area contributed by atoms with Crippen LogP contribution in [0.5, 0.6) is 5.75 Å². The van der Waals surface area contributed by atoms with E-state index in [4.69, 9.17) is 9.47 Å². The number of halogens is 3. The number of fused-ring (bicyclic) bond motifs is 2. The lowest BCUT2D eigenvalue weighted by Gasteiger charge is -2.24. The SMILES string of the molecule is CN1CCCCCCCCO[C@@H]2CN(C(=O)Cn3cc(C(F)(F)F)cn3)C[C@H]2Oc2ccccc2C1=O. The van der Waals surface area contributed by atoms with Crippen LogP contribution in [0.25, 0.3) is 0 Å². The van der Waals surface area contributed by atoms with Gasteiger partial charge >= 0.3 is 6.18 Å². The number of para-hydroxylation sites is 1. The number of alkyl halides is 3. The van der Waals surface area contributed by atoms with Crippen LogP contribution in [0.4, 0.5) is 13.2 Å². The minimum absolute atomic E-state index is 0.134. The number of likely N-dealkylation sites (tertiary alicyclic amines) is 1. The number of aromatic nitrogens is 2. The van der Waals surface area contributed by atoms with Gasteiger partial charge in [-0.05, 0) is 25.0 Å². The molecule has 0 N–H and O–H groups in total. The molecule has 4 rings (SSSR count). The van der Waals surface area contributed by atoms with Crippen molar-refractivity contribution >= 4 is 11.8 Å². The number of hydrogen-bond donors (Lipinski definition) is 0. The summed E-state index contributed by atoms with van der Waals surface area (Å²) in [4.78, 5) is 29.3. The Morgan fingerprint density at radius 3 is 2.51 bits per heavy atom. The second kappa shape index (κ2) is 12.0. The maximum atomic E-state index is 13.1. The highest BCUT2D eigenvalue weighted by atomic mass is 19.4. The first-order valence-corrected chi connectivity index (χ1v) is 12.7. The van der Waals surface area contributed by atoms with Crippen LogP contribution >= 0.6 is 0 Å². The zero-order valence-electron chi connectivity index (χ0n) is 21.0. The molecule has 2 aliphatic heterocycles. The second-order valence-electron chi connectivity index (χ2n) is 9.63. The molecule has 1 aromatic carbocycles. The minimum Gasteiger partial charge on any atom is -0.485 e. The van der Waals surface area contributed by atoms with Crippen molar-refractivity contribution in [1.82, 2.24) is 19.6 Å². The van der Waals surface area contributed by atoms with E-state index in [1.165, 1.54) is 4.90 Å². The molecule has 0 spiro atoms. The molecule has 8 nitrogen and oxygen atoms in total. The van der Waals surface area contributed by atoms with Crippen LogP contribution in [0.3, 0.4) is 0 Å². The van der Waals surface area contributed by atoms with Crippen molar-refractivity contribution in [2.45, 2.75) is 63.5 Å². The van der Waals surface area contributed by atoms with E-state index in [9.17, 15) is 22.8 Å². The third-order valence-electron chi connectivity index (χ3n) is 6.79. The summed E-state index contributed by atoms with van der Waals surface area (Å²) in [5, 5.41) is 3.68. The molecule has 202 valence electrons. The van der Waals surface area contributed by atoms with E-state index in [1.807, 2.05) is 0 Å². The van der Waals surface area contributed by atoms with E-state index < -0.39 is 23.9 Å². The summed E-state index contributed by atoms with van der Waals surface area (Å²) in [5.41, 5.74) is -0.462. The Balaban J connectivity index is 1.50. The highest BCUT2D eigenvalue weighted by molar-refractivity contribution is 5.96. The Morgan fingerprint density at radius 1 is 1.05 bits per heavy atom. The Bertz CT molecular complexity index is 1070. The van der Waals surface area contributed by atoms with Gasteiger partial charge in [0.15, 0.2) is 0 Å². The van der Waals surface area contributed by atoms with E-state index in [0.29, 0.717) is 30.7 Å². The smallest absolute Gasteiger partial charge is 0.419 e. The summed E-state index contributed by atoms with van der Waals surface area (Å²) in [7, 11) is 1.78. The van der Waals surface area contributed by atoms with Crippen molar-refractivity contribution in [3.8, 4) is 5.75 Å². The number of nitrogens with zero attached hydrogens (tertiary/aromatic N) is 4. The van der Waals surface area contributed by atoms with Crippen LogP contribution in [-0.4, -0.2) is 76.9 Å². The topological polar surface area (TPSA) is 76.9 Å². The quantitative estimate of drug-likeness (QED) is 0.596. The molecule has 2 amide bonds. The summed E-state index contributed by atoms with van der Waals surface area (Å²) in [6.07, 6.45) is 2.13. The molecule has 2 atom stereocenters. The average molecular weight is 523 g/mol. The van der Waals surface area contributed by atoms with Gasteiger partial charge in [-0.1, -0.05) is 37.8 Å². The van der Waals surface area contributed by atoms with Gasteiger partial charge in [0.1, 0.15) is 24.5 Å². The predicted octanol–water partition coefficient (Wildman–Crippen LogP) is 4.00. The molecule has 37 heavy (non-hydrogen) atoms. The number of benzene rings is 1. The van der Waals surface area contributed by atoms with Gasteiger partial charge < -0.3 is 19.3 Å². The van der Waals surface area contributed by atoms with Crippen LogP contribution in [-0.2, 0) is 22.3 Å². The van der Waals surface area contributed by atoms with Gasteiger partial charge in [-0.3, -0.25) is 14.3 Å². The predicted molar refractivity (Wildman–Crippen MR) is 129 cm³/mol. The van der Waals surface area contributed by atoms with Crippen LogP contribution in [0.2, 0.25) is 0 Å². The van der Waals surface area contributed by atoms with Gasteiger partial charge in [0, 0.05) is 26.4 Å². The Labute approximate surface area is 214 Å². The standard InChI is InChI=1S/C26H33F3N4O4/c1-31-12-8-4-2-3-5-9-13-36-22-16-32(24(34)18-33-15-19(14-30-33)26(27,28)29)17-23(22)37-21-11-7-6-10-20(21)25(31)35/h6-7,10-11,14-15,22-23H,2-5,8-9,12-13,16-18H2,1H3/t22-,23-/m1/s1. The molecule has 1 fully saturated rings. The molecular weight excluding hydrogens is 489 g/mol. The van der Waals surface area contributed by atoms with Gasteiger partial charge in [-0.25, -0.2) is 0 Å². The number of ether oxygens (including phenoxy) is 2. The van der Waals surface area contributed by atoms with E-state index in [0.717, 1.165) is 49.4 Å². The number of hydrogen-bond acceptors (Lipinski definition) is 5. The molecule has 1 saturated heterocycles. The van der Waals surface area contributed by atoms with Crippen molar-refractivity contribution in [1.29, 1.82) is 0 Å². The van der Waals surface area contributed by atoms with Crippen LogP contribution in [0.1, 0.15) is 54.4 Å². The van der Waals surface area contributed by atoms with Crippen molar-refractivity contribution in [2.75, 3.05) is 33.3 Å². The molecule has 11 heteroatoms. The zero-order chi connectivity index (χ0) is 26.4. The van der Waals surface area contributed by atoms with Gasteiger partial charge in [0.2, 0.25) is 5.91 Å². The first-order valence-electron chi connectivity index (χ1n) is 12.7. The molecule has 0 bridgehead atoms. The van der Waals surface area contributed by atoms with Crippen molar-refractivity contribution in [3.63, 3.8) is 0 Å². The molecule has 2 aliphatic rings. The van der Waals surface area contributed by atoms with Crippen molar-refractivity contribution < 1.29 is 32.2 Å². The summed E-state index contributed by atoms with van der Waals surface area (Å²) in [5.74, 6) is -0.0991. The summed E-state index contributed by atoms with van der Waals surface area (Å²) in [6, 6.07) is 7.02. The fourth-order valence-electron chi connectivity index (χ4n) is 4.67. The third kappa shape index (κ3) is 7.03. The number of carbonyl (C=O) groups excluding carboxylic acids is 2. The van der Waals surface area contributed by atoms with Crippen molar-refractivity contribution in [3.05, 3.63) is 47.8 Å². The summed E-state index contributed by atoms with van der Waals surface area (Å²) >= 11 is 0. The monoisotopic (exact) mass is 522 g/mol. The van der Waals surface area contributed by atoms with Crippen LogP contribution < -0.4 is 4.74 Å². The largest absolute Gasteiger partial charge is 0.485 e. The lowest BCUT2D eigenvalue weighted by Crippen LogP contribution is -2.34. The lowest BCUT2D eigenvalue weighted by molar-refractivity contribution is -0.138. The molecule has 0 saturated carbocycles. The molecule has 1 aromatic heterocycles. The Kier molecular flexibility index (Phi) is 8.73. The first kappa shape index (κ1) is 27.0. The zero-order valence-corrected chi connectivity index (χ0v) is 21.0. The summed E-state index contributed by atoms with van der Waals surface area (Å²) in [6.45, 7) is 1.29. The van der Waals surface area contributed by atoms with Gasteiger partial charge in [0.05, 0.1) is 30.4 Å². The molecule has 3 heterocycles. The lowest BCUT2D eigenvalue weighted by atomic mass is 10.1. The molecule has 0 unspecified atom stereocenters. The van der Waals surface area contributed by atoms with E-state index in [1.54, 1.807) is 36.2 Å². The van der Waals surface area contributed by atoms with Gasteiger partial charge in [0.25, 0.3) is 5.91 Å². The molecular formula is C26H33F3N4O4. The average Bonchev–Trinajstić information content (AvgIpc) is 3.49. The van der Waals surface area contributed by atoms with E-state index in [-0.39, 0.29) is 31.4 Å². The molecule has 0 aliphatic carbocycles. The Morgan fingerprint density at radius 2 is 1.76 bits per heavy atom. The normalized spacial score (nSPS) is 22.3. The maximum absolute atomic E-state index is 13.1. The number of carbonyl (C=O) groups is 2. The fourth-order valence-corrected chi connectivity index (χ4v) is 4.67. The first-order chi connectivity index (χ1) is 17.7. The van der Waals surface area contributed by atoms with Gasteiger partial charge in [-0.2, -0.15) is 18.3 Å². The highest BCUT2D eigenvalue weighted by Crippen LogP contribution is 2.29. The molecule has 2 aromatic rings. The Hall–Kier alpha value is -3.08. The second-order valence-corrected chi connectivity index (χ2v) is 9.63. The third-order valence-corrected chi connectivity index (χ3v) is 6.79. The number of rotatable bonds is 2. The minimum atomic E-state index is -4.52. The van der Waals surface area contributed by atoms with Crippen LogP contribution in [0, 0.1) is 0 Å². The summed E-state index contributed by atoms with van der Waals surface area (Å²) < 4.78 is 52.1. The highest BCUT2D eigenvalue weighted by Gasteiger charge is 2.39. The van der Waals surface area contributed by atoms with Crippen LogP contribution in [0.15, 0.2) is 36.7 Å².